The fourth-order valence-corrected chi connectivity index (χ4v) is 0.646. The molecule has 0 aliphatic carbocycles. The summed E-state index contributed by atoms with van der Waals surface area (Å²) in [5.74, 6) is 0.962. The van der Waals surface area contributed by atoms with Crippen molar-refractivity contribution in [3.8, 4) is 5.88 Å². The topological polar surface area (TPSA) is 75.7 Å². The Labute approximate surface area is 69.6 Å². The van der Waals surface area contributed by atoms with Crippen LogP contribution in [0.3, 0.4) is 0 Å². The molecule has 1 aromatic heterocycles. The smallest absolute Gasteiger partial charge is 0.254 e. The van der Waals surface area contributed by atoms with Crippen molar-refractivity contribution in [2.75, 3.05) is 13.2 Å². The fraction of sp³-hybridized carbons (Fsp3) is 0.571. The molecule has 0 amide bonds. The van der Waals surface area contributed by atoms with Crippen molar-refractivity contribution < 1.29 is 19.5 Å². The third-order valence-corrected chi connectivity index (χ3v) is 1.24. The van der Waals surface area contributed by atoms with Gasteiger partial charge in [0.2, 0.25) is 0 Å². The van der Waals surface area contributed by atoms with Crippen LogP contribution in [0.5, 0.6) is 5.88 Å². The average molecular weight is 173 g/mol. The van der Waals surface area contributed by atoms with E-state index in [1.807, 2.05) is 0 Å². The third kappa shape index (κ3) is 2.52. The molecule has 0 aliphatic rings. The van der Waals surface area contributed by atoms with Crippen molar-refractivity contribution in [2.45, 2.75) is 13.0 Å². The molecule has 5 nitrogen and oxygen atoms in total. The summed E-state index contributed by atoms with van der Waals surface area (Å²) in [5.41, 5.74) is 0. The van der Waals surface area contributed by atoms with Gasteiger partial charge in [0.1, 0.15) is 18.5 Å². The van der Waals surface area contributed by atoms with Gasteiger partial charge in [0.05, 0.1) is 6.61 Å². The number of ether oxygens (including phenoxy) is 1. The van der Waals surface area contributed by atoms with E-state index in [4.69, 9.17) is 19.5 Å². The van der Waals surface area contributed by atoms with E-state index < -0.39 is 6.10 Å². The van der Waals surface area contributed by atoms with Gasteiger partial charge in [0, 0.05) is 6.07 Å². The van der Waals surface area contributed by atoms with Crippen molar-refractivity contribution >= 4 is 0 Å². The number of nitrogens with zero attached hydrogens (tertiary/aromatic N) is 1. The van der Waals surface area contributed by atoms with E-state index >= 15 is 0 Å². The van der Waals surface area contributed by atoms with Gasteiger partial charge in [0.15, 0.2) is 0 Å². The maximum Gasteiger partial charge on any atom is 0.254 e. The zero-order valence-corrected chi connectivity index (χ0v) is 6.73. The third-order valence-electron chi connectivity index (χ3n) is 1.24. The second-order valence-corrected chi connectivity index (χ2v) is 2.42. The standard InChI is InChI=1S/C7H11NO4/c1-5-2-7(8-12-5)11-4-6(10)3-9/h2,6,9-10H,3-4H2,1H3. The van der Waals surface area contributed by atoms with Gasteiger partial charge in [-0.2, -0.15) is 0 Å². The summed E-state index contributed by atoms with van der Waals surface area (Å²) in [7, 11) is 0. The molecule has 0 saturated carbocycles. The normalized spacial score (nSPS) is 12.9. The number of aliphatic hydroxyl groups is 2. The summed E-state index contributed by atoms with van der Waals surface area (Å²) in [6.45, 7) is 1.43. The summed E-state index contributed by atoms with van der Waals surface area (Å²) in [6, 6.07) is 1.60. The monoisotopic (exact) mass is 173 g/mol. The minimum Gasteiger partial charge on any atom is -0.473 e. The Hall–Kier alpha value is -1.07. The van der Waals surface area contributed by atoms with E-state index in [1.165, 1.54) is 0 Å². The molecular formula is C7H11NO4. The van der Waals surface area contributed by atoms with Gasteiger partial charge < -0.3 is 19.5 Å². The predicted molar refractivity (Wildman–Crippen MR) is 39.8 cm³/mol. The lowest BCUT2D eigenvalue weighted by molar-refractivity contribution is 0.0509. The van der Waals surface area contributed by atoms with Crippen LogP contribution in [0.2, 0.25) is 0 Å². The molecule has 5 heteroatoms. The van der Waals surface area contributed by atoms with Crippen LogP contribution in [0.25, 0.3) is 0 Å². The Morgan fingerprint density at radius 1 is 1.75 bits per heavy atom. The van der Waals surface area contributed by atoms with E-state index in [0.717, 1.165) is 0 Å². The van der Waals surface area contributed by atoms with Gasteiger partial charge in [-0.1, -0.05) is 0 Å². The number of aryl methyl sites for hydroxylation is 1. The maximum absolute atomic E-state index is 8.89. The molecule has 1 unspecified atom stereocenters. The van der Waals surface area contributed by atoms with Gasteiger partial charge in [-0.15, -0.1) is 0 Å². The second-order valence-electron chi connectivity index (χ2n) is 2.42. The molecular weight excluding hydrogens is 162 g/mol. The highest BCUT2D eigenvalue weighted by Gasteiger charge is 2.05. The first kappa shape index (κ1) is 9.02. The zero-order valence-electron chi connectivity index (χ0n) is 6.73. The van der Waals surface area contributed by atoms with Crippen molar-refractivity contribution in [1.29, 1.82) is 0 Å². The Bertz CT molecular complexity index is 235. The fourth-order valence-electron chi connectivity index (χ4n) is 0.646. The number of hydrogen-bond acceptors (Lipinski definition) is 5. The largest absolute Gasteiger partial charge is 0.473 e. The van der Waals surface area contributed by atoms with E-state index in [-0.39, 0.29) is 13.2 Å². The minimum absolute atomic E-state index is 0.0163. The molecule has 0 saturated heterocycles. The molecule has 68 valence electrons. The van der Waals surface area contributed by atoms with Gasteiger partial charge >= 0.3 is 0 Å². The Balaban J connectivity index is 2.33. The van der Waals surface area contributed by atoms with Crippen LogP contribution in [-0.2, 0) is 0 Å². The SMILES string of the molecule is Cc1cc(OCC(O)CO)no1. The van der Waals surface area contributed by atoms with Crippen LogP contribution in [-0.4, -0.2) is 34.7 Å². The first-order valence-electron chi connectivity index (χ1n) is 3.57. The highest BCUT2D eigenvalue weighted by Crippen LogP contribution is 2.09. The number of aromatic nitrogens is 1. The Kier molecular flexibility index (Phi) is 3.07. The average Bonchev–Trinajstić information content (AvgIpc) is 2.47. The number of rotatable bonds is 4. The summed E-state index contributed by atoms with van der Waals surface area (Å²) >= 11 is 0. The summed E-state index contributed by atoms with van der Waals surface area (Å²) in [6.07, 6.45) is -0.873. The van der Waals surface area contributed by atoms with Gasteiger partial charge in [-0.05, 0) is 12.1 Å². The quantitative estimate of drug-likeness (QED) is 0.654. The van der Waals surface area contributed by atoms with Crippen LogP contribution in [0.1, 0.15) is 5.76 Å². The van der Waals surface area contributed by atoms with Gasteiger partial charge in [-0.25, -0.2) is 0 Å². The second kappa shape index (κ2) is 4.08. The summed E-state index contributed by atoms with van der Waals surface area (Å²) in [5, 5.41) is 20.9. The zero-order chi connectivity index (χ0) is 8.97. The molecule has 0 fully saturated rings. The highest BCUT2D eigenvalue weighted by molar-refractivity contribution is 5.09. The summed E-state index contributed by atoms with van der Waals surface area (Å²) in [4.78, 5) is 0. The molecule has 1 heterocycles. The van der Waals surface area contributed by atoms with Gasteiger partial charge in [-0.3, -0.25) is 0 Å². The van der Waals surface area contributed by atoms with Crippen molar-refractivity contribution in [1.82, 2.24) is 5.16 Å². The molecule has 1 atom stereocenters. The molecule has 0 aromatic carbocycles. The molecule has 0 bridgehead atoms. The van der Waals surface area contributed by atoms with E-state index in [2.05, 4.69) is 5.16 Å². The van der Waals surface area contributed by atoms with E-state index in [9.17, 15) is 0 Å². The molecule has 0 radical (unpaired) electrons. The van der Waals surface area contributed by atoms with Crippen LogP contribution >= 0.6 is 0 Å². The van der Waals surface area contributed by atoms with Crippen LogP contribution in [0.4, 0.5) is 0 Å². The number of aliphatic hydroxyl groups excluding tert-OH is 2. The van der Waals surface area contributed by atoms with Gasteiger partial charge in [0.25, 0.3) is 5.88 Å². The first-order chi connectivity index (χ1) is 5.72. The summed E-state index contributed by atoms with van der Waals surface area (Å²) < 4.78 is 9.68. The van der Waals surface area contributed by atoms with Crippen LogP contribution in [0, 0.1) is 6.92 Å². The molecule has 1 rings (SSSR count). The van der Waals surface area contributed by atoms with Crippen LogP contribution in [0.15, 0.2) is 10.6 Å². The molecule has 1 aromatic rings. The maximum atomic E-state index is 8.89. The minimum atomic E-state index is -0.873. The molecule has 0 aliphatic heterocycles. The van der Waals surface area contributed by atoms with Crippen LogP contribution < -0.4 is 4.74 Å². The lowest BCUT2D eigenvalue weighted by Gasteiger charge is -2.05. The van der Waals surface area contributed by atoms with Crippen molar-refractivity contribution in [3.63, 3.8) is 0 Å². The molecule has 2 N–H and O–H groups in total. The Morgan fingerprint density at radius 2 is 2.50 bits per heavy atom. The molecule has 0 spiro atoms. The lowest BCUT2D eigenvalue weighted by Crippen LogP contribution is -2.21. The molecule has 12 heavy (non-hydrogen) atoms. The van der Waals surface area contributed by atoms with E-state index in [0.29, 0.717) is 11.6 Å². The predicted octanol–water partition coefficient (Wildman–Crippen LogP) is -0.285. The highest BCUT2D eigenvalue weighted by atomic mass is 16.5. The van der Waals surface area contributed by atoms with E-state index in [1.54, 1.807) is 13.0 Å². The number of hydrogen-bond donors (Lipinski definition) is 2. The first-order valence-corrected chi connectivity index (χ1v) is 3.57. The van der Waals surface area contributed by atoms with Crippen molar-refractivity contribution in [2.24, 2.45) is 0 Å². The lowest BCUT2D eigenvalue weighted by atomic mass is 10.4. The van der Waals surface area contributed by atoms with Crippen molar-refractivity contribution in [3.05, 3.63) is 11.8 Å². The Morgan fingerprint density at radius 3 is 3.00 bits per heavy atom.